The number of amides is 1. The van der Waals surface area contributed by atoms with Gasteiger partial charge in [0.15, 0.2) is 17.3 Å². The van der Waals surface area contributed by atoms with Gasteiger partial charge >= 0.3 is 0 Å². The summed E-state index contributed by atoms with van der Waals surface area (Å²) in [5.74, 6) is 1.33. The van der Waals surface area contributed by atoms with E-state index in [1.165, 1.54) is 0 Å². The Morgan fingerprint density at radius 2 is 1.83 bits per heavy atom. The van der Waals surface area contributed by atoms with E-state index < -0.39 is 0 Å². The first-order valence-electron chi connectivity index (χ1n) is 9.34. The molecule has 0 saturated heterocycles. The summed E-state index contributed by atoms with van der Waals surface area (Å²) in [7, 11) is 0. The molecule has 1 aromatic carbocycles. The van der Waals surface area contributed by atoms with E-state index in [2.05, 4.69) is 25.7 Å². The number of nitrogens with one attached hydrogen (secondary N) is 1. The van der Waals surface area contributed by atoms with Crippen LogP contribution in [0.15, 0.2) is 71.6 Å². The van der Waals surface area contributed by atoms with Crippen molar-refractivity contribution in [3.8, 4) is 17.1 Å². The van der Waals surface area contributed by atoms with Crippen molar-refractivity contribution in [2.75, 3.05) is 0 Å². The molecule has 0 atom stereocenters. The SMILES string of the molecule is Cc1noc(-c2cccn3c(CNC(=O)c4ccc(-n5cccc5)cc4)nnc23)n1. The molecule has 0 unspecified atom stereocenters. The summed E-state index contributed by atoms with van der Waals surface area (Å²) in [6.07, 6.45) is 5.74. The van der Waals surface area contributed by atoms with Crippen LogP contribution in [0.25, 0.3) is 22.8 Å². The zero-order valence-corrected chi connectivity index (χ0v) is 16.1. The number of rotatable bonds is 5. The Bertz CT molecular complexity index is 1320. The number of pyridine rings is 1. The van der Waals surface area contributed by atoms with Crippen LogP contribution in [-0.2, 0) is 6.54 Å². The maximum atomic E-state index is 12.6. The molecule has 0 radical (unpaired) electrons. The lowest BCUT2D eigenvalue weighted by atomic mass is 10.2. The second-order valence-electron chi connectivity index (χ2n) is 6.70. The van der Waals surface area contributed by atoms with Crippen LogP contribution in [-0.4, -0.2) is 35.2 Å². The first kappa shape index (κ1) is 17.8. The van der Waals surface area contributed by atoms with Gasteiger partial charge in [0, 0.05) is 29.8 Å². The fourth-order valence-electron chi connectivity index (χ4n) is 3.21. The topological polar surface area (TPSA) is 103 Å². The molecule has 0 aliphatic heterocycles. The smallest absolute Gasteiger partial charge is 0.261 e. The van der Waals surface area contributed by atoms with Crippen molar-refractivity contribution < 1.29 is 9.32 Å². The number of aromatic nitrogens is 6. The normalized spacial score (nSPS) is 11.1. The Labute approximate surface area is 171 Å². The lowest BCUT2D eigenvalue weighted by Gasteiger charge is -2.07. The molecular formula is C21H17N7O2. The molecule has 5 aromatic rings. The van der Waals surface area contributed by atoms with Crippen LogP contribution < -0.4 is 5.32 Å². The molecule has 0 fully saturated rings. The molecule has 30 heavy (non-hydrogen) atoms. The molecule has 5 rings (SSSR count). The monoisotopic (exact) mass is 399 g/mol. The molecule has 0 saturated carbocycles. The Morgan fingerprint density at radius 3 is 2.57 bits per heavy atom. The van der Waals surface area contributed by atoms with E-state index in [1.807, 2.05) is 59.6 Å². The average Bonchev–Trinajstić information content (AvgIpc) is 3.53. The lowest BCUT2D eigenvalue weighted by molar-refractivity contribution is 0.0950. The Balaban J connectivity index is 1.33. The van der Waals surface area contributed by atoms with E-state index in [1.54, 1.807) is 23.5 Å². The Morgan fingerprint density at radius 1 is 1.03 bits per heavy atom. The zero-order chi connectivity index (χ0) is 20.5. The van der Waals surface area contributed by atoms with Gasteiger partial charge in [0.2, 0.25) is 0 Å². The predicted molar refractivity (Wildman–Crippen MR) is 108 cm³/mol. The number of fused-ring (bicyclic) bond motifs is 1. The second-order valence-corrected chi connectivity index (χ2v) is 6.70. The molecule has 1 N–H and O–H groups in total. The van der Waals surface area contributed by atoms with Gasteiger partial charge < -0.3 is 14.4 Å². The lowest BCUT2D eigenvalue weighted by Crippen LogP contribution is -2.24. The largest absolute Gasteiger partial charge is 0.345 e. The first-order chi connectivity index (χ1) is 14.7. The van der Waals surface area contributed by atoms with Crippen molar-refractivity contribution in [3.05, 3.63) is 84.3 Å². The third-order valence-corrected chi connectivity index (χ3v) is 4.70. The van der Waals surface area contributed by atoms with Crippen LogP contribution in [0.4, 0.5) is 0 Å². The van der Waals surface area contributed by atoms with Gasteiger partial charge in [-0.2, -0.15) is 4.98 Å². The average molecular weight is 399 g/mol. The van der Waals surface area contributed by atoms with E-state index in [-0.39, 0.29) is 12.5 Å². The van der Waals surface area contributed by atoms with E-state index in [4.69, 9.17) is 4.52 Å². The van der Waals surface area contributed by atoms with Crippen molar-refractivity contribution in [3.63, 3.8) is 0 Å². The summed E-state index contributed by atoms with van der Waals surface area (Å²) in [6.45, 7) is 1.98. The molecule has 1 amide bonds. The van der Waals surface area contributed by atoms with Gasteiger partial charge in [-0.3, -0.25) is 9.20 Å². The van der Waals surface area contributed by atoms with Crippen LogP contribution in [0, 0.1) is 6.92 Å². The molecular weight excluding hydrogens is 382 g/mol. The van der Waals surface area contributed by atoms with E-state index in [9.17, 15) is 4.79 Å². The van der Waals surface area contributed by atoms with Crippen molar-refractivity contribution in [2.45, 2.75) is 13.5 Å². The number of carbonyl (C=O) groups is 1. The summed E-state index contributed by atoms with van der Waals surface area (Å²) in [5, 5.41) is 15.1. The van der Waals surface area contributed by atoms with Crippen molar-refractivity contribution in [1.82, 2.24) is 34.6 Å². The fraction of sp³-hybridized carbons (Fsp3) is 0.0952. The van der Waals surface area contributed by atoms with E-state index in [0.717, 1.165) is 5.69 Å². The van der Waals surface area contributed by atoms with Crippen LogP contribution >= 0.6 is 0 Å². The van der Waals surface area contributed by atoms with Gasteiger partial charge in [0.25, 0.3) is 11.8 Å². The van der Waals surface area contributed by atoms with Gasteiger partial charge in [-0.05, 0) is 55.5 Å². The number of hydrogen-bond donors (Lipinski definition) is 1. The minimum atomic E-state index is -0.186. The van der Waals surface area contributed by atoms with Crippen LogP contribution in [0.1, 0.15) is 22.0 Å². The molecule has 0 bridgehead atoms. The first-order valence-corrected chi connectivity index (χ1v) is 9.34. The fourth-order valence-corrected chi connectivity index (χ4v) is 3.21. The second kappa shape index (κ2) is 7.28. The molecule has 4 heterocycles. The predicted octanol–water partition coefficient (Wildman–Crippen LogP) is 2.81. The summed E-state index contributed by atoms with van der Waals surface area (Å²) < 4.78 is 9.02. The van der Waals surface area contributed by atoms with Gasteiger partial charge in [-0.15, -0.1) is 10.2 Å². The summed E-state index contributed by atoms with van der Waals surface area (Å²) >= 11 is 0. The van der Waals surface area contributed by atoms with Crippen molar-refractivity contribution >= 4 is 11.6 Å². The van der Waals surface area contributed by atoms with Crippen LogP contribution in [0.3, 0.4) is 0 Å². The van der Waals surface area contributed by atoms with Crippen molar-refractivity contribution in [2.24, 2.45) is 0 Å². The zero-order valence-electron chi connectivity index (χ0n) is 16.1. The molecule has 0 aliphatic rings. The third-order valence-electron chi connectivity index (χ3n) is 4.70. The number of nitrogens with zero attached hydrogens (tertiary/aromatic N) is 6. The Kier molecular flexibility index (Phi) is 4.32. The highest BCUT2D eigenvalue weighted by Crippen LogP contribution is 2.22. The van der Waals surface area contributed by atoms with Gasteiger partial charge in [-0.25, -0.2) is 0 Å². The number of hydrogen-bond acceptors (Lipinski definition) is 6. The highest BCUT2D eigenvalue weighted by atomic mass is 16.5. The maximum Gasteiger partial charge on any atom is 0.261 e. The highest BCUT2D eigenvalue weighted by molar-refractivity contribution is 5.94. The molecule has 4 aromatic heterocycles. The molecule has 0 spiro atoms. The van der Waals surface area contributed by atoms with E-state index >= 15 is 0 Å². The van der Waals surface area contributed by atoms with E-state index in [0.29, 0.717) is 34.3 Å². The summed E-state index contributed by atoms with van der Waals surface area (Å²) in [6, 6.07) is 15.0. The standard InChI is InChI=1S/C21H17N7O2/c1-14-23-21(30-26-14)17-5-4-12-28-18(24-25-19(17)28)13-22-20(29)15-6-8-16(9-7-15)27-10-2-3-11-27/h2-12H,13H2,1H3,(H,22,29). The van der Waals surface area contributed by atoms with Crippen LogP contribution in [0.5, 0.6) is 0 Å². The molecule has 0 aliphatic carbocycles. The maximum absolute atomic E-state index is 12.6. The van der Waals surface area contributed by atoms with Gasteiger partial charge in [0.05, 0.1) is 12.1 Å². The van der Waals surface area contributed by atoms with Crippen molar-refractivity contribution in [1.29, 1.82) is 0 Å². The van der Waals surface area contributed by atoms with Crippen LogP contribution in [0.2, 0.25) is 0 Å². The molecule has 148 valence electrons. The molecule has 9 nitrogen and oxygen atoms in total. The quantitative estimate of drug-likeness (QED) is 0.487. The minimum Gasteiger partial charge on any atom is -0.345 e. The summed E-state index contributed by atoms with van der Waals surface area (Å²) in [4.78, 5) is 16.8. The Hall–Kier alpha value is -4.27. The summed E-state index contributed by atoms with van der Waals surface area (Å²) in [5.41, 5.74) is 2.83. The van der Waals surface area contributed by atoms with Gasteiger partial charge in [0.1, 0.15) is 0 Å². The minimum absolute atomic E-state index is 0.186. The number of aryl methyl sites for hydroxylation is 1. The number of benzene rings is 1. The number of carbonyl (C=O) groups excluding carboxylic acids is 1. The third kappa shape index (κ3) is 3.22. The van der Waals surface area contributed by atoms with Gasteiger partial charge in [-0.1, -0.05) is 5.16 Å². The molecule has 9 heteroatoms. The highest BCUT2D eigenvalue weighted by Gasteiger charge is 2.16.